The summed E-state index contributed by atoms with van der Waals surface area (Å²) in [5, 5.41) is 8.25. The van der Waals surface area contributed by atoms with E-state index in [2.05, 4.69) is 48.1 Å². The summed E-state index contributed by atoms with van der Waals surface area (Å²) in [7, 11) is 2.23. The minimum Gasteiger partial charge on any atom is -0.311 e. The van der Waals surface area contributed by atoms with Crippen LogP contribution in [0.1, 0.15) is 57.7 Å². The summed E-state index contributed by atoms with van der Waals surface area (Å²) in [6.07, 6.45) is 8.47. The third-order valence-electron chi connectivity index (χ3n) is 4.85. The number of likely N-dealkylation sites (tertiary alicyclic amines) is 1. The lowest BCUT2D eigenvalue weighted by Crippen LogP contribution is -2.31. The van der Waals surface area contributed by atoms with Gasteiger partial charge in [0.2, 0.25) is 0 Å². The summed E-state index contributed by atoms with van der Waals surface area (Å²) in [6, 6.07) is 2.71. The van der Waals surface area contributed by atoms with Gasteiger partial charge in [0.05, 0.1) is 11.7 Å². The van der Waals surface area contributed by atoms with Gasteiger partial charge in [-0.2, -0.15) is 5.10 Å². The van der Waals surface area contributed by atoms with Crippen molar-refractivity contribution in [3.8, 4) is 0 Å². The fourth-order valence-electron chi connectivity index (χ4n) is 3.21. The van der Waals surface area contributed by atoms with Crippen LogP contribution in [0.5, 0.6) is 0 Å². The van der Waals surface area contributed by atoms with Crippen molar-refractivity contribution in [2.24, 2.45) is 5.92 Å². The van der Waals surface area contributed by atoms with Gasteiger partial charge in [-0.3, -0.25) is 4.68 Å². The average Bonchev–Trinajstić information content (AvgIpc) is 2.96. The number of nitrogens with zero attached hydrogens (tertiary/aromatic N) is 3. The number of hydrogen-bond donors (Lipinski definition) is 1. The first-order chi connectivity index (χ1) is 10.2. The van der Waals surface area contributed by atoms with Gasteiger partial charge < -0.3 is 10.2 Å². The predicted molar refractivity (Wildman–Crippen MR) is 88.4 cm³/mol. The molecule has 120 valence electrons. The molecule has 21 heavy (non-hydrogen) atoms. The molecule has 0 aromatic carbocycles. The molecule has 1 N–H and O–H groups in total. The maximum Gasteiger partial charge on any atom is 0.0762 e. The molecule has 4 nitrogen and oxygen atoms in total. The van der Waals surface area contributed by atoms with Gasteiger partial charge in [-0.15, -0.1) is 0 Å². The van der Waals surface area contributed by atoms with Gasteiger partial charge >= 0.3 is 0 Å². The lowest BCUT2D eigenvalue weighted by molar-refractivity contribution is 0.211. The molecule has 1 fully saturated rings. The van der Waals surface area contributed by atoms with Crippen LogP contribution in [-0.2, 0) is 6.54 Å². The Balaban J connectivity index is 1.64. The molecule has 0 unspecified atom stereocenters. The topological polar surface area (TPSA) is 33.1 Å². The molecular formula is C17H32N4. The average molecular weight is 292 g/mol. The number of piperidine rings is 1. The molecule has 0 aliphatic carbocycles. The van der Waals surface area contributed by atoms with Crippen molar-refractivity contribution in [3.63, 3.8) is 0 Å². The summed E-state index contributed by atoms with van der Waals surface area (Å²) >= 11 is 0. The van der Waals surface area contributed by atoms with E-state index in [1.807, 2.05) is 0 Å². The largest absolute Gasteiger partial charge is 0.311 e. The molecule has 0 amide bonds. The van der Waals surface area contributed by atoms with Gasteiger partial charge in [0.15, 0.2) is 0 Å². The van der Waals surface area contributed by atoms with Gasteiger partial charge in [-0.05, 0) is 70.8 Å². The first-order valence-corrected chi connectivity index (χ1v) is 8.66. The summed E-state index contributed by atoms with van der Waals surface area (Å²) in [5.74, 6) is 0.913. The Morgan fingerprint density at radius 2 is 2.00 bits per heavy atom. The Bertz CT molecular complexity index is 389. The monoisotopic (exact) mass is 292 g/mol. The standard InChI is InChI=1S/C17H32N4/c1-4-17(5-2)21-13-9-16(19-21)14-18-10-6-15-7-11-20(3)12-8-15/h9,13,15,17-18H,4-8,10-12,14H2,1-3H3. The normalized spacial score (nSPS) is 17.7. The number of nitrogens with one attached hydrogen (secondary N) is 1. The zero-order valence-electron chi connectivity index (χ0n) is 14.0. The predicted octanol–water partition coefficient (Wildman–Crippen LogP) is 3.07. The SMILES string of the molecule is CCC(CC)n1ccc(CNCCC2CCN(C)CC2)n1. The third-order valence-corrected chi connectivity index (χ3v) is 4.85. The Morgan fingerprint density at radius 1 is 1.29 bits per heavy atom. The Kier molecular flexibility index (Phi) is 6.71. The van der Waals surface area contributed by atoms with E-state index in [1.54, 1.807) is 0 Å². The fraction of sp³-hybridized carbons (Fsp3) is 0.824. The van der Waals surface area contributed by atoms with E-state index in [4.69, 9.17) is 5.10 Å². The molecule has 0 atom stereocenters. The van der Waals surface area contributed by atoms with Crippen molar-refractivity contribution in [2.75, 3.05) is 26.7 Å². The smallest absolute Gasteiger partial charge is 0.0762 e. The molecule has 0 radical (unpaired) electrons. The highest BCUT2D eigenvalue weighted by atomic mass is 15.3. The second kappa shape index (κ2) is 8.54. The zero-order chi connectivity index (χ0) is 15.1. The summed E-state index contributed by atoms with van der Waals surface area (Å²) in [6.45, 7) is 9.02. The van der Waals surface area contributed by atoms with Gasteiger partial charge in [-0.1, -0.05) is 13.8 Å². The summed E-state index contributed by atoms with van der Waals surface area (Å²) < 4.78 is 2.13. The van der Waals surface area contributed by atoms with Crippen LogP contribution in [0.4, 0.5) is 0 Å². The lowest BCUT2D eigenvalue weighted by atomic mass is 9.94. The van der Waals surface area contributed by atoms with Gasteiger partial charge in [0.1, 0.15) is 0 Å². The maximum absolute atomic E-state index is 4.69. The molecule has 0 saturated carbocycles. The number of aromatic nitrogens is 2. The minimum absolute atomic E-state index is 0.554. The molecule has 1 aliphatic heterocycles. The first-order valence-electron chi connectivity index (χ1n) is 8.66. The fourth-order valence-corrected chi connectivity index (χ4v) is 3.21. The van der Waals surface area contributed by atoms with E-state index in [9.17, 15) is 0 Å². The van der Waals surface area contributed by atoms with Crippen LogP contribution < -0.4 is 5.32 Å². The van der Waals surface area contributed by atoms with Crippen LogP contribution in [0, 0.1) is 5.92 Å². The second-order valence-corrected chi connectivity index (χ2v) is 6.47. The van der Waals surface area contributed by atoms with Crippen LogP contribution in [0.2, 0.25) is 0 Å². The second-order valence-electron chi connectivity index (χ2n) is 6.47. The zero-order valence-corrected chi connectivity index (χ0v) is 14.0. The van der Waals surface area contributed by atoms with Crippen molar-refractivity contribution in [2.45, 2.75) is 58.5 Å². The molecule has 0 spiro atoms. The van der Waals surface area contributed by atoms with E-state index in [1.165, 1.54) is 38.0 Å². The number of rotatable bonds is 8. The van der Waals surface area contributed by atoms with Crippen LogP contribution in [-0.4, -0.2) is 41.4 Å². The van der Waals surface area contributed by atoms with E-state index in [0.29, 0.717) is 6.04 Å². The molecular weight excluding hydrogens is 260 g/mol. The van der Waals surface area contributed by atoms with Crippen LogP contribution >= 0.6 is 0 Å². The van der Waals surface area contributed by atoms with Crippen molar-refractivity contribution in [3.05, 3.63) is 18.0 Å². The van der Waals surface area contributed by atoms with Gasteiger partial charge in [0.25, 0.3) is 0 Å². The molecule has 2 heterocycles. The van der Waals surface area contributed by atoms with E-state index >= 15 is 0 Å². The number of hydrogen-bond acceptors (Lipinski definition) is 3. The Labute approximate surface area is 129 Å². The molecule has 0 bridgehead atoms. The van der Waals surface area contributed by atoms with E-state index < -0.39 is 0 Å². The third kappa shape index (κ3) is 5.11. The van der Waals surface area contributed by atoms with Crippen LogP contribution in [0.3, 0.4) is 0 Å². The molecule has 1 aromatic heterocycles. The van der Waals surface area contributed by atoms with E-state index in [0.717, 1.165) is 31.8 Å². The quantitative estimate of drug-likeness (QED) is 0.748. The van der Waals surface area contributed by atoms with Gasteiger partial charge in [-0.25, -0.2) is 0 Å². The van der Waals surface area contributed by atoms with E-state index in [-0.39, 0.29) is 0 Å². The first kappa shape index (κ1) is 16.5. The lowest BCUT2D eigenvalue weighted by Gasteiger charge is -2.28. The van der Waals surface area contributed by atoms with Crippen molar-refractivity contribution < 1.29 is 0 Å². The summed E-state index contributed by atoms with van der Waals surface area (Å²) in [5.41, 5.74) is 1.17. The van der Waals surface area contributed by atoms with Crippen LogP contribution in [0.25, 0.3) is 0 Å². The van der Waals surface area contributed by atoms with Crippen LogP contribution in [0.15, 0.2) is 12.3 Å². The highest BCUT2D eigenvalue weighted by Crippen LogP contribution is 2.18. The summed E-state index contributed by atoms with van der Waals surface area (Å²) in [4.78, 5) is 2.44. The maximum atomic E-state index is 4.69. The van der Waals surface area contributed by atoms with Crippen molar-refractivity contribution >= 4 is 0 Å². The molecule has 1 aliphatic rings. The molecule has 1 saturated heterocycles. The Hall–Kier alpha value is -0.870. The van der Waals surface area contributed by atoms with Crippen molar-refractivity contribution in [1.29, 1.82) is 0 Å². The minimum atomic E-state index is 0.554. The van der Waals surface area contributed by atoms with Gasteiger partial charge in [0, 0.05) is 12.7 Å². The Morgan fingerprint density at radius 3 is 2.67 bits per heavy atom. The molecule has 2 rings (SSSR count). The van der Waals surface area contributed by atoms with Crippen molar-refractivity contribution in [1.82, 2.24) is 20.0 Å². The highest BCUT2D eigenvalue weighted by Gasteiger charge is 2.15. The molecule has 1 aromatic rings. The molecule has 4 heteroatoms. The highest BCUT2D eigenvalue weighted by molar-refractivity contribution is 4.99.